The van der Waals surface area contributed by atoms with E-state index in [0.29, 0.717) is 5.92 Å². The summed E-state index contributed by atoms with van der Waals surface area (Å²) in [6.07, 6.45) is 0.984. The quantitative estimate of drug-likeness (QED) is 0.641. The minimum Gasteiger partial charge on any atom is -0.445 e. The van der Waals surface area contributed by atoms with Crippen LogP contribution in [0.2, 0.25) is 0 Å². The summed E-state index contributed by atoms with van der Waals surface area (Å²) in [5, 5.41) is 0. The molecule has 0 spiro atoms. The monoisotopic (exact) mass is 206 g/mol. The number of likely N-dealkylation sites (tertiary alicyclic amines) is 1. The van der Waals surface area contributed by atoms with E-state index >= 15 is 0 Å². The van der Waals surface area contributed by atoms with E-state index in [1.165, 1.54) is 0 Å². The second-order valence-electron chi connectivity index (χ2n) is 4.35. The van der Waals surface area contributed by atoms with Gasteiger partial charge in [-0.2, -0.15) is 0 Å². The molecule has 2 unspecified atom stereocenters. The highest BCUT2D eigenvalue weighted by Crippen LogP contribution is 2.26. The van der Waals surface area contributed by atoms with Gasteiger partial charge in [-0.1, -0.05) is 6.92 Å². The standard InChI is InChI=1S/C9H16BF3N/c1-7-4-9(3)14(5-7)6-8(2)10(11,12)13/h7,9H,2,4-6H2,1,3H3/q-1. The van der Waals surface area contributed by atoms with Crippen molar-refractivity contribution in [3.63, 3.8) is 0 Å². The average molecular weight is 206 g/mol. The molecule has 5 heteroatoms. The molecule has 1 nitrogen and oxygen atoms in total. The molecule has 2 atom stereocenters. The molecule has 0 amide bonds. The SMILES string of the molecule is C=C(CN1CC(C)CC1C)[B-](F)(F)F. The molecule has 1 aliphatic rings. The zero-order valence-electron chi connectivity index (χ0n) is 8.64. The first kappa shape index (κ1) is 11.6. The topological polar surface area (TPSA) is 3.24 Å². The summed E-state index contributed by atoms with van der Waals surface area (Å²) in [5.74, 6) is 0.499. The van der Waals surface area contributed by atoms with Crippen LogP contribution >= 0.6 is 0 Å². The van der Waals surface area contributed by atoms with Gasteiger partial charge in [-0.15, -0.1) is 12.1 Å². The summed E-state index contributed by atoms with van der Waals surface area (Å²) in [6, 6.07) is 0.250. The van der Waals surface area contributed by atoms with Crippen LogP contribution < -0.4 is 0 Å². The van der Waals surface area contributed by atoms with Crippen LogP contribution in [0.5, 0.6) is 0 Å². The van der Waals surface area contributed by atoms with E-state index in [2.05, 4.69) is 13.5 Å². The molecule has 0 aromatic rings. The van der Waals surface area contributed by atoms with Crippen molar-refractivity contribution in [1.29, 1.82) is 0 Å². The van der Waals surface area contributed by atoms with E-state index in [1.54, 1.807) is 0 Å². The van der Waals surface area contributed by atoms with Crippen molar-refractivity contribution >= 4 is 6.98 Å². The van der Waals surface area contributed by atoms with Crippen molar-refractivity contribution in [2.45, 2.75) is 26.3 Å². The molecule has 1 saturated heterocycles. The van der Waals surface area contributed by atoms with Gasteiger partial charge in [0.25, 0.3) is 0 Å². The third-order valence-electron chi connectivity index (χ3n) is 2.78. The van der Waals surface area contributed by atoms with Crippen molar-refractivity contribution in [2.24, 2.45) is 5.92 Å². The van der Waals surface area contributed by atoms with Gasteiger partial charge in [-0.3, -0.25) is 4.90 Å². The number of nitrogens with zero attached hydrogens (tertiary/aromatic N) is 1. The molecule has 0 N–H and O–H groups in total. The number of hydrogen-bond donors (Lipinski definition) is 0. The van der Waals surface area contributed by atoms with Crippen LogP contribution in [-0.2, 0) is 0 Å². The molecule has 0 saturated carbocycles. The van der Waals surface area contributed by atoms with Crippen molar-refractivity contribution in [1.82, 2.24) is 4.90 Å². The van der Waals surface area contributed by atoms with Crippen LogP contribution in [0.3, 0.4) is 0 Å². The Labute approximate surface area is 83.0 Å². The maximum atomic E-state index is 12.3. The lowest BCUT2D eigenvalue weighted by atomic mass is 9.80. The first-order chi connectivity index (χ1) is 6.30. The fraction of sp³-hybridized carbons (Fsp3) is 0.778. The second-order valence-corrected chi connectivity index (χ2v) is 4.35. The summed E-state index contributed by atoms with van der Waals surface area (Å²) >= 11 is 0. The van der Waals surface area contributed by atoms with Crippen LogP contribution in [-0.4, -0.2) is 31.0 Å². The molecule has 1 rings (SSSR count). The van der Waals surface area contributed by atoms with Crippen LogP contribution in [0.1, 0.15) is 20.3 Å². The highest BCUT2D eigenvalue weighted by Gasteiger charge is 2.32. The van der Waals surface area contributed by atoms with Gasteiger partial charge in [0, 0.05) is 12.6 Å². The lowest BCUT2D eigenvalue weighted by Gasteiger charge is -2.27. The molecule has 82 valence electrons. The van der Waals surface area contributed by atoms with Crippen LogP contribution in [0, 0.1) is 5.92 Å². The molecule has 1 aliphatic heterocycles. The van der Waals surface area contributed by atoms with E-state index in [1.807, 2.05) is 11.8 Å². The largest absolute Gasteiger partial charge is 0.506 e. The minimum absolute atomic E-state index is 0.0188. The number of rotatable bonds is 3. The highest BCUT2D eigenvalue weighted by molar-refractivity contribution is 6.66. The van der Waals surface area contributed by atoms with Gasteiger partial charge in [0.2, 0.25) is 0 Å². The Kier molecular flexibility index (Phi) is 3.30. The third kappa shape index (κ3) is 2.77. The zero-order chi connectivity index (χ0) is 10.9. The summed E-state index contributed by atoms with van der Waals surface area (Å²) in [7, 11) is 0. The van der Waals surface area contributed by atoms with E-state index in [0.717, 1.165) is 13.0 Å². The highest BCUT2D eigenvalue weighted by atomic mass is 19.4. The summed E-state index contributed by atoms with van der Waals surface area (Å²) in [4.78, 5) is 1.86. The Morgan fingerprint density at radius 2 is 2.00 bits per heavy atom. The van der Waals surface area contributed by atoms with Gasteiger partial charge in [-0.05, 0) is 25.8 Å². The molecule has 0 aliphatic carbocycles. The molecule has 1 heterocycles. The van der Waals surface area contributed by atoms with Crippen molar-refractivity contribution in [2.75, 3.05) is 13.1 Å². The van der Waals surface area contributed by atoms with Gasteiger partial charge in [0.1, 0.15) is 0 Å². The summed E-state index contributed by atoms with van der Waals surface area (Å²) in [5.41, 5.74) is -0.578. The van der Waals surface area contributed by atoms with Crippen molar-refractivity contribution in [3.05, 3.63) is 12.1 Å². The molecular formula is C9H16BF3N-. The van der Waals surface area contributed by atoms with E-state index < -0.39 is 12.4 Å². The maximum Gasteiger partial charge on any atom is 0.506 e. The normalized spacial score (nSPS) is 29.5. The predicted molar refractivity (Wildman–Crippen MR) is 53.0 cm³/mol. The van der Waals surface area contributed by atoms with Gasteiger partial charge in [-0.25, -0.2) is 0 Å². The maximum absolute atomic E-state index is 12.3. The molecule has 14 heavy (non-hydrogen) atoms. The van der Waals surface area contributed by atoms with E-state index in [9.17, 15) is 12.9 Å². The Morgan fingerprint density at radius 1 is 1.43 bits per heavy atom. The fourth-order valence-electron chi connectivity index (χ4n) is 1.97. The van der Waals surface area contributed by atoms with Crippen LogP contribution in [0.15, 0.2) is 12.1 Å². The van der Waals surface area contributed by atoms with Crippen molar-refractivity contribution < 1.29 is 12.9 Å². The smallest absolute Gasteiger partial charge is 0.445 e. The average Bonchev–Trinajstić information content (AvgIpc) is 2.28. The zero-order valence-corrected chi connectivity index (χ0v) is 8.64. The summed E-state index contributed by atoms with van der Waals surface area (Å²) < 4.78 is 36.8. The van der Waals surface area contributed by atoms with Gasteiger partial charge >= 0.3 is 6.98 Å². The molecule has 1 fully saturated rings. The molecule has 0 aromatic carbocycles. The Balaban J connectivity index is 2.49. The number of halogens is 3. The van der Waals surface area contributed by atoms with Gasteiger partial charge < -0.3 is 12.9 Å². The summed E-state index contributed by atoms with van der Waals surface area (Å²) in [6.45, 7) is 3.03. The lowest BCUT2D eigenvalue weighted by molar-refractivity contribution is 0.286. The first-order valence-corrected chi connectivity index (χ1v) is 4.92. The fourth-order valence-corrected chi connectivity index (χ4v) is 1.97. The van der Waals surface area contributed by atoms with Gasteiger partial charge in [0.05, 0.1) is 0 Å². The second kappa shape index (κ2) is 3.97. The predicted octanol–water partition coefficient (Wildman–Crippen LogP) is 2.66. The molecular weight excluding hydrogens is 190 g/mol. The van der Waals surface area contributed by atoms with Crippen LogP contribution in [0.4, 0.5) is 12.9 Å². The number of hydrogen-bond acceptors (Lipinski definition) is 1. The van der Waals surface area contributed by atoms with E-state index in [-0.39, 0.29) is 12.6 Å². The molecule has 0 aromatic heterocycles. The Bertz CT molecular complexity index is 227. The third-order valence-corrected chi connectivity index (χ3v) is 2.78. The van der Waals surface area contributed by atoms with Gasteiger partial charge in [0.15, 0.2) is 0 Å². The minimum atomic E-state index is -4.86. The van der Waals surface area contributed by atoms with Crippen molar-refractivity contribution in [3.8, 4) is 0 Å². The van der Waals surface area contributed by atoms with E-state index in [4.69, 9.17) is 0 Å². The Hall–Kier alpha value is -0.445. The van der Waals surface area contributed by atoms with Crippen LogP contribution in [0.25, 0.3) is 0 Å². The molecule has 0 bridgehead atoms. The Morgan fingerprint density at radius 3 is 2.36 bits per heavy atom. The lowest BCUT2D eigenvalue weighted by Crippen LogP contribution is -2.34. The molecule has 0 radical (unpaired) electrons. The first-order valence-electron chi connectivity index (χ1n) is 4.92.